The molecular formula is C17H14FN3OS. The molecule has 2 aromatic heterocycles. The number of benzene rings is 1. The Morgan fingerprint density at radius 2 is 2.09 bits per heavy atom. The van der Waals surface area contributed by atoms with Gasteiger partial charge in [0.05, 0.1) is 16.9 Å². The maximum absolute atomic E-state index is 13.1. The molecular weight excluding hydrogens is 313 g/mol. The van der Waals surface area contributed by atoms with Gasteiger partial charge in [-0.05, 0) is 37.6 Å². The molecule has 116 valence electrons. The molecule has 1 aromatic carbocycles. The van der Waals surface area contributed by atoms with Gasteiger partial charge < -0.3 is 5.32 Å². The van der Waals surface area contributed by atoms with Crippen molar-refractivity contribution in [2.24, 2.45) is 0 Å². The largest absolute Gasteiger partial charge is 0.321 e. The summed E-state index contributed by atoms with van der Waals surface area (Å²) < 4.78 is 13.1. The molecule has 0 saturated heterocycles. The highest BCUT2D eigenvalue weighted by molar-refractivity contribution is 7.09. The normalized spacial score (nSPS) is 10.6. The van der Waals surface area contributed by atoms with E-state index in [0.29, 0.717) is 11.3 Å². The first-order valence-electron chi connectivity index (χ1n) is 6.99. The molecule has 1 N–H and O–H groups in total. The summed E-state index contributed by atoms with van der Waals surface area (Å²) >= 11 is 1.58. The summed E-state index contributed by atoms with van der Waals surface area (Å²) in [5.74, 6) is -0.825. The lowest BCUT2D eigenvalue weighted by Crippen LogP contribution is -2.15. The van der Waals surface area contributed by atoms with Crippen molar-refractivity contribution in [3.8, 4) is 11.3 Å². The van der Waals surface area contributed by atoms with Crippen molar-refractivity contribution in [2.75, 3.05) is 5.32 Å². The van der Waals surface area contributed by atoms with Gasteiger partial charge >= 0.3 is 0 Å². The van der Waals surface area contributed by atoms with Crippen LogP contribution < -0.4 is 5.32 Å². The topological polar surface area (TPSA) is 54.9 Å². The van der Waals surface area contributed by atoms with Gasteiger partial charge in [-0.1, -0.05) is 12.1 Å². The fourth-order valence-electron chi connectivity index (χ4n) is 2.22. The lowest BCUT2D eigenvalue weighted by Gasteiger charge is -2.08. The maximum atomic E-state index is 13.1. The Kier molecular flexibility index (Phi) is 4.16. The van der Waals surface area contributed by atoms with E-state index in [1.54, 1.807) is 24.3 Å². The van der Waals surface area contributed by atoms with Gasteiger partial charge in [0.15, 0.2) is 0 Å². The second-order valence-electron chi connectivity index (χ2n) is 5.11. The van der Waals surface area contributed by atoms with Crippen LogP contribution in [-0.4, -0.2) is 15.9 Å². The Labute approximate surface area is 137 Å². The van der Waals surface area contributed by atoms with Gasteiger partial charge in [-0.2, -0.15) is 0 Å². The van der Waals surface area contributed by atoms with Crippen molar-refractivity contribution < 1.29 is 9.18 Å². The second-order valence-corrected chi connectivity index (χ2v) is 6.17. The molecule has 2 heterocycles. The standard InChI is InChI=1S/C17H14FN3OS/c1-10-6-13(18)8-19-16(10)17(22)21-14-5-3-4-12(7-14)15-9-23-11(2)20-15/h3-9H,1-2H3,(H,21,22). The van der Waals surface area contributed by atoms with Crippen molar-refractivity contribution in [3.05, 3.63) is 64.0 Å². The zero-order chi connectivity index (χ0) is 16.4. The minimum atomic E-state index is -0.458. The summed E-state index contributed by atoms with van der Waals surface area (Å²) in [5, 5.41) is 5.75. The van der Waals surface area contributed by atoms with Crippen LogP contribution in [0.3, 0.4) is 0 Å². The van der Waals surface area contributed by atoms with Gasteiger partial charge in [-0.15, -0.1) is 11.3 Å². The molecule has 0 aliphatic heterocycles. The monoisotopic (exact) mass is 327 g/mol. The molecule has 0 atom stereocenters. The minimum absolute atomic E-state index is 0.210. The van der Waals surface area contributed by atoms with Crippen LogP contribution in [0.1, 0.15) is 21.1 Å². The van der Waals surface area contributed by atoms with E-state index in [2.05, 4.69) is 15.3 Å². The number of hydrogen-bond donors (Lipinski definition) is 1. The molecule has 6 heteroatoms. The van der Waals surface area contributed by atoms with Crippen LogP contribution >= 0.6 is 11.3 Å². The first-order valence-corrected chi connectivity index (χ1v) is 7.87. The molecule has 4 nitrogen and oxygen atoms in total. The van der Waals surface area contributed by atoms with Crippen LogP contribution in [0.2, 0.25) is 0 Å². The number of pyridine rings is 1. The van der Waals surface area contributed by atoms with Crippen LogP contribution in [0.5, 0.6) is 0 Å². The van der Waals surface area contributed by atoms with Crippen LogP contribution in [0, 0.1) is 19.7 Å². The number of hydrogen-bond acceptors (Lipinski definition) is 4. The fourth-order valence-corrected chi connectivity index (χ4v) is 2.84. The molecule has 3 aromatic rings. The summed E-state index contributed by atoms with van der Waals surface area (Å²) in [6, 6.07) is 8.72. The van der Waals surface area contributed by atoms with Gasteiger partial charge in [0.1, 0.15) is 11.5 Å². The predicted molar refractivity (Wildman–Crippen MR) is 89.2 cm³/mol. The molecule has 3 rings (SSSR count). The zero-order valence-corrected chi connectivity index (χ0v) is 13.4. The Hall–Kier alpha value is -2.60. The molecule has 23 heavy (non-hydrogen) atoms. The van der Waals surface area contributed by atoms with E-state index >= 15 is 0 Å². The quantitative estimate of drug-likeness (QED) is 0.784. The third-order valence-corrected chi connectivity index (χ3v) is 4.07. The molecule has 1 amide bonds. The van der Waals surface area contributed by atoms with Gasteiger partial charge in [0.2, 0.25) is 0 Å². The van der Waals surface area contributed by atoms with Crippen LogP contribution in [0.4, 0.5) is 10.1 Å². The van der Waals surface area contributed by atoms with E-state index < -0.39 is 5.82 Å². The molecule has 0 aliphatic carbocycles. The molecule has 0 spiro atoms. The van der Waals surface area contributed by atoms with Crippen molar-refractivity contribution in [1.82, 2.24) is 9.97 Å². The minimum Gasteiger partial charge on any atom is -0.321 e. The van der Waals surface area contributed by atoms with Gasteiger partial charge in [-0.3, -0.25) is 4.79 Å². The zero-order valence-electron chi connectivity index (χ0n) is 12.6. The van der Waals surface area contributed by atoms with Crippen LogP contribution in [0.25, 0.3) is 11.3 Å². The van der Waals surface area contributed by atoms with Gasteiger partial charge in [0, 0.05) is 16.6 Å². The van der Waals surface area contributed by atoms with E-state index in [1.807, 2.05) is 30.5 Å². The number of aryl methyl sites for hydroxylation is 2. The van der Waals surface area contributed by atoms with Crippen LogP contribution in [-0.2, 0) is 0 Å². The molecule has 0 bridgehead atoms. The Morgan fingerprint density at radius 3 is 2.78 bits per heavy atom. The fraction of sp³-hybridized carbons (Fsp3) is 0.118. The van der Waals surface area contributed by atoms with Crippen molar-refractivity contribution in [1.29, 1.82) is 0 Å². The molecule has 0 saturated carbocycles. The van der Waals surface area contributed by atoms with Crippen LogP contribution in [0.15, 0.2) is 41.9 Å². The maximum Gasteiger partial charge on any atom is 0.274 e. The highest BCUT2D eigenvalue weighted by Crippen LogP contribution is 2.24. The third kappa shape index (κ3) is 3.43. The number of nitrogens with zero attached hydrogens (tertiary/aromatic N) is 2. The van der Waals surface area contributed by atoms with Crippen molar-refractivity contribution >= 4 is 22.9 Å². The van der Waals surface area contributed by atoms with E-state index in [1.165, 1.54) is 6.07 Å². The third-order valence-electron chi connectivity index (χ3n) is 3.30. The number of thiazole rings is 1. The first-order chi connectivity index (χ1) is 11.0. The van der Waals surface area contributed by atoms with E-state index in [0.717, 1.165) is 22.5 Å². The van der Waals surface area contributed by atoms with E-state index in [9.17, 15) is 9.18 Å². The number of nitrogens with one attached hydrogen (secondary N) is 1. The van der Waals surface area contributed by atoms with Crippen molar-refractivity contribution in [2.45, 2.75) is 13.8 Å². The summed E-state index contributed by atoms with van der Waals surface area (Å²) in [7, 11) is 0. The number of halogens is 1. The lowest BCUT2D eigenvalue weighted by molar-refractivity contribution is 0.102. The second kappa shape index (κ2) is 6.26. The summed E-state index contributed by atoms with van der Waals surface area (Å²) in [5.41, 5.74) is 3.15. The Bertz CT molecular complexity index is 876. The first kappa shape index (κ1) is 15.3. The highest BCUT2D eigenvalue weighted by atomic mass is 32.1. The number of anilines is 1. The SMILES string of the molecule is Cc1nc(-c2cccc(NC(=O)c3ncc(F)cc3C)c2)cs1. The number of amides is 1. The van der Waals surface area contributed by atoms with E-state index in [4.69, 9.17) is 0 Å². The summed E-state index contributed by atoms with van der Waals surface area (Å²) in [6.07, 6.45) is 1.04. The molecule has 0 aliphatic rings. The average molecular weight is 327 g/mol. The Balaban J connectivity index is 1.84. The number of carbonyl (C=O) groups excluding carboxylic acids is 1. The smallest absolute Gasteiger partial charge is 0.274 e. The van der Waals surface area contributed by atoms with Gasteiger partial charge in [0.25, 0.3) is 5.91 Å². The molecule has 0 radical (unpaired) electrons. The number of carbonyl (C=O) groups is 1. The van der Waals surface area contributed by atoms with E-state index in [-0.39, 0.29) is 11.6 Å². The number of aromatic nitrogens is 2. The summed E-state index contributed by atoms with van der Waals surface area (Å²) in [4.78, 5) is 20.6. The lowest BCUT2D eigenvalue weighted by atomic mass is 10.1. The highest BCUT2D eigenvalue weighted by Gasteiger charge is 2.12. The van der Waals surface area contributed by atoms with Gasteiger partial charge in [-0.25, -0.2) is 14.4 Å². The number of rotatable bonds is 3. The summed E-state index contributed by atoms with van der Waals surface area (Å²) in [6.45, 7) is 3.60. The molecule has 0 fully saturated rings. The van der Waals surface area contributed by atoms with Crippen molar-refractivity contribution in [3.63, 3.8) is 0 Å². The Morgan fingerprint density at radius 1 is 1.26 bits per heavy atom. The predicted octanol–water partition coefficient (Wildman–Crippen LogP) is 4.21. The average Bonchev–Trinajstić information content (AvgIpc) is 2.94. The molecule has 0 unspecified atom stereocenters.